The minimum Gasteiger partial charge on any atom is -0.302 e. The van der Waals surface area contributed by atoms with Crippen LogP contribution >= 0.6 is 46.3 Å². The molecule has 2 aromatic heterocycles. The number of nitrogens with zero attached hydrogens (tertiary/aromatic N) is 4. The molecule has 0 radical (unpaired) electrons. The quantitative estimate of drug-likeness (QED) is 0.495. The second-order valence-electron chi connectivity index (χ2n) is 5.78. The van der Waals surface area contributed by atoms with Gasteiger partial charge in [0.15, 0.2) is 10.3 Å². The number of carbonyl (C=O) groups excluding carboxylic acids is 1. The maximum Gasteiger partial charge on any atom is 0.451 e. The lowest BCUT2D eigenvalue weighted by Gasteiger charge is -2.10. The van der Waals surface area contributed by atoms with Crippen molar-refractivity contribution >= 4 is 57.3 Å². The van der Waals surface area contributed by atoms with Crippen molar-refractivity contribution in [3.05, 3.63) is 39.4 Å². The minimum absolute atomic E-state index is 0.0180. The summed E-state index contributed by atoms with van der Waals surface area (Å²) in [5.74, 6) is -1.56. The molecule has 154 valence electrons. The van der Waals surface area contributed by atoms with Gasteiger partial charge in [-0.05, 0) is 19.1 Å². The number of carbonyl (C=O) groups is 1. The van der Waals surface area contributed by atoms with E-state index in [1.165, 1.54) is 18.4 Å². The Kier molecular flexibility index (Phi) is 6.42. The molecule has 1 aromatic carbocycles. The normalized spacial score (nSPS) is 12.8. The summed E-state index contributed by atoms with van der Waals surface area (Å²) >= 11 is 14.0. The molecule has 1 N–H and O–H groups in total. The van der Waals surface area contributed by atoms with Crippen LogP contribution in [-0.4, -0.2) is 30.9 Å². The number of aromatic nitrogens is 4. The van der Waals surface area contributed by atoms with E-state index in [-0.39, 0.29) is 5.16 Å². The molecule has 0 saturated carbocycles. The maximum atomic E-state index is 12.8. The Morgan fingerprint density at radius 3 is 2.62 bits per heavy atom. The highest BCUT2D eigenvalue weighted by molar-refractivity contribution is 8.00. The molecule has 0 saturated heterocycles. The first-order valence-electron chi connectivity index (χ1n) is 7.91. The fraction of sp³-hybridized carbons (Fsp3) is 0.250. The number of thioether (sulfide) groups is 1. The molecular formula is C16H12Cl2F3N5OS2. The van der Waals surface area contributed by atoms with Gasteiger partial charge in [-0.15, -0.1) is 21.5 Å². The van der Waals surface area contributed by atoms with Gasteiger partial charge < -0.3 is 9.88 Å². The smallest absolute Gasteiger partial charge is 0.302 e. The van der Waals surface area contributed by atoms with E-state index in [1.54, 1.807) is 30.5 Å². The van der Waals surface area contributed by atoms with E-state index in [0.717, 1.165) is 21.9 Å². The highest BCUT2D eigenvalue weighted by Crippen LogP contribution is 2.32. The van der Waals surface area contributed by atoms with Crippen LogP contribution in [0.5, 0.6) is 0 Å². The van der Waals surface area contributed by atoms with Gasteiger partial charge in [0.25, 0.3) is 0 Å². The summed E-state index contributed by atoms with van der Waals surface area (Å²) in [6.07, 6.45) is -4.62. The second-order valence-corrected chi connectivity index (χ2v) is 8.76. The van der Waals surface area contributed by atoms with Gasteiger partial charge in [-0.1, -0.05) is 41.0 Å². The van der Waals surface area contributed by atoms with E-state index in [0.29, 0.717) is 20.9 Å². The Morgan fingerprint density at radius 1 is 1.28 bits per heavy atom. The van der Waals surface area contributed by atoms with E-state index in [2.05, 4.69) is 20.5 Å². The van der Waals surface area contributed by atoms with Crippen LogP contribution < -0.4 is 5.32 Å². The van der Waals surface area contributed by atoms with Crippen LogP contribution in [-0.2, 0) is 18.0 Å². The highest BCUT2D eigenvalue weighted by atomic mass is 35.5. The average molecular weight is 482 g/mol. The first-order valence-corrected chi connectivity index (χ1v) is 10.4. The molecule has 29 heavy (non-hydrogen) atoms. The second kappa shape index (κ2) is 8.50. The van der Waals surface area contributed by atoms with E-state index in [9.17, 15) is 18.0 Å². The molecular weight excluding hydrogens is 470 g/mol. The van der Waals surface area contributed by atoms with Crippen LogP contribution in [0.25, 0.3) is 11.3 Å². The molecule has 0 aliphatic carbocycles. The van der Waals surface area contributed by atoms with Gasteiger partial charge in [-0.25, -0.2) is 4.98 Å². The Labute approximate surface area is 181 Å². The zero-order valence-corrected chi connectivity index (χ0v) is 17.9. The van der Waals surface area contributed by atoms with Crippen molar-refractivity contribution in [2.24, 2.45) is 7.05 Å². The monoisotopic (exact) mass is 481 g/mol. The van der Waals surface area contributed by atoms with Gasteiger partial charge in [-0.2, -0.15) is 13.2 Å². The number of hydrogen-bond donors (Lipinski definition) is 1. The summed E-state index contributed by atoms with van der Waals surface area (Å²) in [5.41, 5.74) is 1.34. The summed E-state index contributed by atoms with van der Waals surface area (Å²) in [5, 5.41) is 11.4. The Bertz CT molecular complexity index is 1050. The first kappa shape index (κ1) is 21.9. The molecule has 1 amide bonds. The van der Waals surface area contributed by atoms with Crippen LogP contribution in [0.3, 0.4) is 0 Å². The van der Waals surface area contributed by atoms with E-state index < -0.39 is 23.2 Å². The number of nitrogens with one attached hydrogen (secondary N) is 1. The Balaban J connectivity index is 1.67. The zero-order chi connectivity index (χ0) is 21.3. The number of anilines is 1. The van der Waals surface area contributed by atoms with Crippen molar-refractivity contribution < 1.29 is 18.0 Å². The molecule has 1 atom stereocenters. The van der Waals surface area contributed by atoms with Crippen LogP contribution in [0.2, 0.25) is 10.0 Å². The van der Waals surface area contributed by atoms with E-state index >= 15 is 0 Å². The predicted molar refractivity (Wildman–Crippen MR) is 108 cm³/mol. The van der Waals surface area contributed by atoms with Crippen molar-refractivity contribution in [3.63, 3.8) is 0 Å². The number of amides is 1. The number of thiazole rings is 1. The third kappa shape index (κ3) is 5.03. The molecule has 13 heteroatoms. The summed E-state index contributed by atoms with van der Waals surface area (Å²) in [7, 11) is 1.19. The minimum atomic E-state index is -4.62. The van der Waals surface area contributed by atoms with Crippen LogP contribution in [0.4, 0.5) is 18.3 Å². The summed E-state index contributed by atoms with van der Waals surface area (Å²) in [6.45, 7) is 1.55. The Morgan fingerprint density at radius 2 is 2.00 bits per heavy atom. The van der Waals surface area contributed by atoms with Gasteiger partial charge in [0.2, 0.25) is 11.7 Å². The molecule has 0 fully saturated rings. The third-order valence-corrected chi connectivity index (χ3v) is 6.32. The van der Waals surface area contributed by atoms with E-state index in [4.69, 9.17) is 23.2 Å². The van der Waals surface area contributed by atoms with Crippen LogP contribution in [0.15, 0.2) is 28.7 Å². The van der Waals surface area contributed by atoms with Gasteiger partial charge >= 0.3 is 6.18 Å². The third-order valence-electron chi connectivity index (χ3n) is 3.69. The molecule has 0 spiro atoms. The van der Waals surface area contributed by atoms with Gasteiger partial charge in [-0.3, -0.25) is 4.79 Å². The topological polar surface area (TPSA) is 72.7 Å². The average Bonchev–Trinajstić information content (AvgIpc) is 3.24. The lowest BCUT2D eigenvalue weighted by molar-refractivity contribution is -0.147. The maximum absolute atomic E-state index is 12.8. The van der Waals surface area contributed by atoms with Crippen molar-refractivity contribution in [1.82, 2.24) is 19.7 Å². The van der Waals surface area contributed by atoms with Crippen LogP contribution in [0.1, 0.15) is 12.7 Å². The van der Waals surface area contributed by atoms with Crippen LogP contribution in [0, 0.1) is 0 Å². The van der Waals surface area contributed by atoms with Gasteiger partial charge in [0.1, 0.15) is 0 Å². The number of rotatable bonds is 5. The standard InChI is InChI=1S/C16H12Cl2F3N5OS2/c1-7(29-15-25-24-13(26(15)2)16(19,20)21)12(27)23-14-22-11(6-28-14)8-3-4-9(17)10(18)5-8/h3-7H,1-2H3,(H,22,23,27). The largest absolute Gasteiger partial charge is 0.451 e. The lowest BCUT2D eigenvalue weighted by Crippen LogP contribution is -2.23. The molecule has 6 nitrogen and oxygen atoms in total. The molecule has 0 aliphatic rings. The molecule has 3 aromatic rings. The molecule has 0 aliphatic heterocycles. The van der Waals surface area contributed by atoms with Crippen molar-refractivity contribution in [1.29, 1.82) is 0 Å². The number of benzene rings is 1. The number of alkyl halides is 3. The molecule has 1 unspecified atom stereocenters. The fourth-order valence-electron chi connectivity index (χ4n) is 2.20. The van der Waals surface area contributed by atoms with Crippen molar-refractivity contribution in [2.75, 3.05) is 5.32 Å². The lowest BCUT2D eigenvalue weighted by atomic mass is 10.2. The molecule has 0 bridgehead atoms. The fourth-order valence-corrected chi connectivity index (χ4v) is 4.04. The first-order chi connectivity index (χ1) is 13.6. The van der Waals surface area contributed by atoms with Gasteiger partial charge in [0, 0.05) is 18.0 Å². The molecule has 3 rings (SSSR count). The summed E-state index contributed by atoms with van der Waals surface area (Å²) < 4.78 is 39.2. The van der Waals surface area contributed by atoms with Crippen molar-refractivity contribution in [2.45, 2.75) is 23.5 Å². The van der Waals surface area contributed by atoms with Crippen molar-refractivity contribution in [3.8, 4) is 11.3 Å². The summed E-state index contributed by atoms with van der Waals surface area (Å²) in [6, 6.07) is 5.06. The number of halogens is 5. The Hall–Kier alpha value is -1.82. The number of hydrogen-bond acceptors (Lipinski definition) is 6. The summed E-state index contributed by atoms with van der Waals surface area (Å²) in [4.78, 5) is 16.7. The highest BCUT2D eigenvalue weighted by Gasteiger charge is 2.38. The predicted octanol–water partition coefficient (Wildman–Crippen LogP) is 5.38. The zero-order valence-electron chi connectivity index (χ0n) is 14.8. The van der Waals surface area contributed by atoms with E-state index in [1.807, 2.05) is 0 Å². The SMILES string of the molecule is CC(Sc1nnc(C(F)(F)F)n1C)C(=O)Nc1nc(-c2ccc(Cl)c(Cl)c2)cs1. The van der Waals surface area contributed by atoms with Gasteiger partial charge in [0.05, 0.1) is 21.0 Å². The molecule has 2 heterocycles.